The van der Waals surface area contributed by atoms with Crippen molar-refractivity contribution in [3.05, 3.63) is 33.8 Å². The summed E-state index contributed by atoms with van der Waals surface area (Å²) in [5.74, 6) is 2.57. The summed E-state index contributed by atoms with van der Waals surface area (Å²) >= 11 is 3.60. The van der Waals surface area contributed by atoms with Gasteiger partial charge in [0.1, 0.15) is 23.1 Å². The van der Waals surface area contributed by atoms with Crippen LogP contribution in [0.5, 0.6) is 0 Å². The molecule has 1 saturated heterocycles. The highest BCUT2D eigenvalue weighted by molar-refractivity contribution is 9.10. The van der Waals surface area contributed by atoms with Crippen LogP contribution < -0.4 is 10.2 Å². The minimum Gasteiger partial charge on any atom is -0.378 e. The van der Waals surface area contributed by atoms with Crippen LogP contribution in [0.1, 0.15) is 17.1 Å². The molecule has 0 atom stereocenters. The summed E-state index contributed by atoms with van der Waals surface area (Å²) in [5.41, 5.74) is 2.53. The fourth-order valence-corrected chi connectivity index (χ4v) is 3.18. The Morgan fingerprint density at radius 1 is 1.24 bits per heavy atom. The number of anilines is 2. The lowest BCUT2D eigenvalue weighted by molar-refractivity contribution is 0.122. The standard InChI is InChI=1S/C16H19BrN6O2/c1-10-7-12(21-25-10)9-18-13-8-14(22-3-5-24-6-4-22)19-16-15(17)11(2)20-23(13)16/h7-8,18H,3-6,9H2,1-2H3. The second-order valence-electron chi connectivity index (χ2n) is 6.02. The Labute approximate surface area is 153 Å². The molecule has 0 aromatic carbocycles. The molecule has 1 aliphatic heterocycles. The van der Waals surface area contributed by atoms with E-state index in [1.165, 1.54) is 0 Å². The van der Waals surface area contributed by atoms with Gasteiger partial charge in [-0.2, -0.15) is 9.61 Å². The summed E-state index contributed by atoms with van der Waals surface area (Å²) in [6.45, 7) is 7.48. The number of rotatable bonds is 4. The Morgan fingerprint density at radius 2 is 2.04 bits per heavy atom. The molecule has 3 aromatic rings. The number of nitrogens with zero attached hydrogens (tertiary/aromatic N) is 5. The van der Waals surface area contributed by atoms with Crippen molar-refractivity contribution in [3.8, 4) is 0 Å². The van der Waals surface area contributed by atoms with Gasteiger partial charge >= 0.3 is 0 Å². The molecule has 1 fully saturated rings. The van der Waals surface area contributed by atoms with Crippen molar-refractivity contribution in [1.29, 1.82) is 0 Å². The predicted molar refractivity (Wildman–Crippen MR) is 97.0 cm³/mol. The summed E-state index contributed by atoms with van der Waals surface area (Å²) in [6, 6.07) is 3.93. The average Bonchev–Trinajstić information content (AvgIpc) is 3.17. The van der Waals surface area contributed by atoms with Crippen LogP contribution in [0.3, 0.4) is 0 Å². The number of halogens is 1. The minimum atomic E-state index is 0.551. The Hall–Kier alpha value is -2.13. The molecule has 1 N–H and O–H groups in total. The minimum absolute atomic E-state index is 0.551. The van der Waals surface area contributed by atoms with E-state index in [2.05, 4.69) is 36.4 Å². The molecule has 9 heteroatoms. The molecular weight excluding hydrogens is 388 g/mol. The maximum atomic E-state index is 5.44. The first-order valence-electron chi connectivity index (χ1n) is 8.16. The normalized spacial score (nSPS) is 15.1. The van der Waals surface area contributed by atoms with E-state index in [4.69, 9.17) is 14.2 Å². The summed E-state index contributed by atoms with van der Waals surface area (Å²) < 4.78 is 13.3. The smallest absolute Gasteiger partial charge is 0.174 e. The lowest BCUT2D eigenvalue weighted by atomic mass is 10.3. The second kappa shape index (κ2) is 6.64. The Morgan fingerprint density at radius 3 is 2.76 bits per heavy atom. The molecule has 3 aromatic heterocycles. The van der Waals surface area contributed by atoms with Crippen molar-refractivity contribution in [2.75, 3.05) is 36.5 Å². The van der Waals surface area contributed by atoms with Crippen LogP contribution in [0.15, 0.2) is 21.1 Å². The zero-order valence-corrected chi connectivity index (χ0v) is 15.7. The number of aryl methyl sites for hydroxylation is 2. The van der Waals surface area contributed by atoms with Crippen LogP contribution in [-0.2, 0) is 11.3 Å². The third-order valence-electron chi connectivity index (χ3n) is 4.14. The molecule has 8 nitrogen and oxygen atoms in total. The van der Waals surface area contributed by atoms with E-state index in [1.54, 1.807) is 0 Å². The molecule has 0 unspecified atom stereocenters. The first-order chi connectivity index (χ1) is 12.1. The van der Waals surface area contributed by atoms with Crippen LogP contribution in [0, 0.1) is 13.8 Å². The van der Waals surface area contributed by atoms with Gasteiger partial charge in [0, 0.05) is 25.2 Å². The van der Waals surface area contributed by atoms with Crippen LogP contribution >= 0.6 is 15.9 Å². The van der Waals surface area contributed by atoms with E-state index in [9.17, 15) is 0 Å². The lowest BCUT2D eigenvalue weighted by Gasteiger charge is -2.28. The van der Waals surface area contributed by atoms with Gasteiger partial charge in [0.15, 0.2) is 5.65 Å². The van der Waals surface area contributed by atoms with Crippen molar-refractivity contribution in [1.82, 2.24) is 19.8 Å². The van der Waals surface area contributed by atoms with Gasteiger partial charge in [0.25, 0.3) is 0 Å². The molecule has 4 rings (SSSR count). The number of hydrogen-bond acceptors (Lipinski definition) is 7. The first kappa shape index (κ1) is 16.3. The summed E-state index contributed by atoms with van der Waals surface area (Å²) in [6.07, 6.45) is 0. The largest absolute Gasteiger partial charge is 0.378 e. The topological polar surface area (TPSA) is 80.7 Å². The van der Waals surface area contributed by atoms with Crippen molar-refractivity contribution in [3.63, 3.8) is 0 Å². The van der Waals surface area contributed by atoms with E-state index < -0.39 is 0 Å². The number of hydrogen-bond donors (Lipinski definition) is 1. The zero-order chi connectivity index (χ0) is 17.4. The summed E-state index contributed by atoms with van der Waals surface area (Å²) in [4.78, 5) is 7.01. The van der Waals surface area contributed by atoms with Gasteiger partial charge in [-0.05, 0) is 29.8 Å². The van der Waals surface area contributed by atoms with E-state index in [0.717, 1.165) is 52.0 Å². The molecule has 4 heterocycles. The highest BCUT2D eigenvalue weighted by Crippen LogP contribution is 2.27. The first-order valence-corrected chi connectivity index (χ1v) is 8.96. The average molecular weight is 407 g/mol. The predicted octanol–water partition coefficient (Wildman–Crippen LogP) is 2.55. The van der Waals surface area contributed by atoms with Crippen LogP contribution in [0.25, 0.3) is 5.65 Å². The van der Waals surface area contributed by atoms with Crippen LogP contribution in [0.2, 0.25) is 0 Å². The van der Waals surface area contributed by atoms with Crippen molar-refractivity contribution in [2.45, 2.75) is 20.4 Å². The summed E-state index contributed by atoms with van der Waals surface area (Å²) in [7, 11) is 0. The third-order valence-corrected chi connectivity index (χ3v) is 5.07. The molecule has 1 aliphatic rings. The highest BCUT2D eigenvalue weighted by atomic mass is 79.9. The van der Waals surface area contributed by atoms with Gasteiger partial charge in [-0.25, -0.2) is 4.98 Å². The van der Waals surface area contributed by atoms with Crippen molar-refractivity contribution >= 4 is 33.2 Å². The van der Waals surface area contributed by atoms with Gasteiger partial charge in [-0.3, -0.25) is 0 Å². The summed E-state index contributed by atoms with van der Waals surface area (Å²) in [5, 5.41) is 12.0. The quantitative estimate of drug-likeness (QED) is 0.712. The van der Waals surface area contributed by atoms with Crippen LogP contribution in [0.4, 0.5) is 11.6 Å². The molecule has 0 amide bonds. The van der Waals surface area contributed by atoms with Gasteiger partial charge < -0.3 is 19.5 Å². The maximum Gasteiger partial charge on any atom is 0.174 e. The SMILES string of the molecule is Cc1cc(CNc2cc(N3CCOCC3)nc3c(Br)c(C)nn23)no1. The van der Waals surface area contributed by atoms with Crippen molar-refractivity contribution < 1.29 is 9.26 Å². The van der Waals surface area contributed by atoms with E-state index >= 15 is 0 Å². The third kappa shape index (κ3) is 3.21. The van der Waals surface area contributed by atoms with Crippen molar-refractivity contribution in [2.24, 2.45) is 0 Å². The molecule has 0 radical (unpaired) electrons. The maximum absolute atomic E-state index is 5.44. The fourth-order valence-electron chi connectivity index (χ4n) is 2.85. The molecule has 132 valence electrons. The van der Waals surface area contributed by atoms with Crippen LogP contribution in [-0.4, -0.2) is 46.1 Å². The Bertz CT molecular complexity index is 900. The van der Waals surface area contributed by atoms with Gasteiger partial charge in [-0.1, -0.05) is 5.16 Å². The van der Waals surface area contributed by atoms with Gasteiger partial charge in [-0.15, -0.1) is 0 Å². The van der Waals surface area contributed by atoms with E-state index in [-0.39, 0.29) is 0 Å². The van der Waals surface area contributed by atoms with Gasteiger partial charge in [0.05, 0.1) is 29.9 Å². The number of morpholine rings is 1. The molecule has 0 saturated carbocycles. The monoisotopic (exact) mass is 406 g/mol. The Balaban J connectivity index is 1.70. The fraction of sp³-hybridized carbons (Fsp3) is 0.438. The molecule has 0 aliphatic carbocycles. The molecule has 0 bridgehead atoms. The number of aromatic nitrogens is 4. The van der Waals surface area contributed by atoms with E-state index in [0.29, 0.717) is 19.8 Å². The zero-order valence-electron chi connectivity index (χ0n) is 14.1. The highest BCUT2D eigenvalue weighted by Gasteiger charge is 2.18. The molecule has 0 spiro atoms. The number of ether oxygens (including phenoxy) is 1. The number of nitrogens with one attached hydrogen (secondary N) is 1. The lowest BCUT2D eigenvalue weighted by Crippen LogP contribution is -2.36. The molecule has 25 heavy (non-hydrogen) atoms. The second-order valence-corrected chi connectivity index (χ2v) is 6.81. The molecular formula is C16H19BrN6O2. The van der Waals surface area contributed by atoms with Gasteiger partial charge in [0.2, 0.25) is 0 Å². The Kier molecular flexibility index (Phi) is 4.34. The number of fused-ring (bicyclic) bond motifs is 1. The van der Waals surface area contributed by atoms with E-state index in [1.807, 2.05) is 30.5 Å².